The standard InChI is InChI=1S/C11H21N3O3S2/c1-11(2,3)13-5-9-8(6-17-4)14-10(18-9)7-19(12,15)16/h13H,5-7H2,1-4H3,(H2,12,15,16). The van der Waals surface area contributed by atoms with Crippen LogP contribution in [-0.2, 0) is 33.7 Å². The molecule has 110 valence electrons. The lowest BCUT2D eigenvalue weighted by Gasteiger charge is -2.20. The van der Waals surface area contributed by atoms with Crippen molar-refractivity contribution in [1.29, 1.82) is 0 Å². The number of ether oxygens (including phenoxy) is 1. The number of sulfonamides is 1. The fourth-order valence-electron chi connectivity index (χ4n) is 1.40. The van der Waals surface area contributed by atoms with Gasteiger partial charge in [-0.25, -0.2) is 18.5 Å². The van der Waals surface area contributed by atoms with E-state index in [9.17, 15) is 8.42 Å². The molecular formula is C11H21N3O3S2. The van der Waals surface area contributed by atoms with E-state index in [4.69, 9.17) is 9.88 Å². The molecule has 0 aliphatic carbocycles. The third-order valence-corrected chi connectivity index (χ3v) is 4.16. The molecular weight excluding hydrogens is 286 g/mol. The molecule has 0 unspecified atom stereocenters. The minimum absolute atomic E-state index is 0.0194. The van der Waals surface area contributed by atoms with Gasteiger partial charge in [-0.15, -0.1) is 11.3 Å². The number of hydrogen-bond donors (Lipinski definition) is 2. The van der Waals surface area contributed by atoms with Crippen molar-refractivity contribution in [3.05, 3.63) is 15.6 Å². The topological polar surface area (TPSA) is 94.3 Å². The third-order valence-electron chi connectivity index (χ3n) is 2.21. The Morgan fingerprint density at radius 2 is 2.05 bits per heavy atom. The maximum absolute atomic E-state index is 11.1. The summed E-state index contributed by atoms with van der Waals surface area (Å²) in [6.45, 7) is 7.19. The molecule has 0 saturated heterocycles. The van der Waals surface area contributed by atoms with Crippen molar-refractivity contribution < 1.29 is 13.2 Å². The molecule has 1 heterocycles. The van der Waals surface area contributed by atoms with Gasteiger partial charge in [0.15, 0.2) is 0 Å². The van der Waals surface area contributed by atoms with Crippen LogP contribution in [-0.4, -0.2) is 26.1 Å². The molecule has 0 bridgehead atoms. The zero-order valence-electron chi connectivity index (χ0n) is 11.7. The smallest absolute Gasteiger partial charge is 0.215 e. The highest BCUT2D eigenvalue weighted by Crippen LogP contribution is 2.21. The van der Waals surface area contributed by atoms with Crippen LogP contribution in [0.2, 0.25) is 0 Å². The number of nitrogens with zero attached hydrogens (tertiary/aromatic N) is 1. The van der Waals surface area contributed by atoms with E-state index in [2.05, 4.69) is 31.1 Å². The van der Waals surface area contributed by atoms with Crippen molar-refractivity contribution in [2.75, 3.05) is 7.11 Å². The second kappa shape index (κ2) is 6.27. The number of primary sulfonamides is 1. The zero-order chi connectivity index (χ0) is 14.7. The van der Waals surface area contributed by atoms with Crippen LogP contribution in [0.1, 0.15) is 36.3 Å². The van der Waals surface area contributed by atoms with Gasteiger partial charge in [-0.3, -0.25) is 0 Å². The average Bonchev–Trinajstić information content (AvgIpc) is 2.54. The first-order chi connectivity index (χ1) is 8.61. The van der Waals surface area contributed by atoms with Crippen molar-refractivity contribution >= 4 is 21.4 Å². The Bertz CT molecular complexity index is 518. The number of thiazole rings is 1. The van der Waals surface area contributed by atoms with Gasteiger partial charge in [-0.1, -0.05) is 0 Å². The zero-order valence-corrected chi connectivity index (χ0v) is 13.3. The van der Waals surface area contributed by atoms with E-state index in [1.54, 1.807) is 7.11 Å². The lowest BCUT2D eigenvalue weighted by molar-refractivity contribution is 0.181. The van der Waals surface area contributed by atoms with Gasteiger partial charge in [0.2, 0.25) is 10.0 Å². The summed E-state index contributed by atoms with van der Waals surface area (Å²) in [5, 5.41) is 8.88. The SMILES string of the molecule is COCc1nc(CS(N)(=O)=O)sc1CNC(C)(C)C. The summed E-state index contributed by atoms with van der Waals surface area (Å²) in [5.74, 6) is -0.232. The quantitative estimate of drug-likeness (QED) is 0.816. The molecule has 0 aliphatic heterocycles. The second-order valence-electron chi connectivity index (χ2n) is 5.32. The number of aromatic nitrogens is 1. The highest BCUT2D eigenvalue weighted by atomic mass is 32.2. The van der Waals surface area contributed by atoms with E-state index in [0.717, 1.165) is 10.6 Å². The van der Waals surface area contributed by atoms with Crippen LogP contribution in [0.3, 0.4) is 0 Å². The summed E-state index contributed by atoms with van der Waals surface area (Å²) < 4.78 is 27.3. The maximum atomic E-state index is 11.1. The Balaban J connectivity index is 2.88. The summed E-state index contributed by atoms with van der Waals surface area (Å²) in [6.07, 6.45) is 0. The minimum Gasteiger partial charge on any atom is -0.378 e. The van der Waals surface area contributed by atoms with Crippen LogP contribution in [0, 0.1) is 0 Å². The van der Waals surface area contributed by atoms with Gasteiger partial charge in [-0.05, 0) is 20.8 Å². The first kappa shape index (κ1) is 16.5. The molecule has 0 amide bonds. The van der Waals surface area contributed by atoms with Crippen LogP contribution in [0.15, 0.2) is 0 Å². The predicted molar refractivity (Wildman–Crippen MR) is 76.2 cm³/mol. The fourth-order valence-corrected chi connectivity index (χ4v) is 3.35. The number of rotatable bonds is 6. The second-order valence-corrected chi connectivity index (χ2v) is 8.10. The Kier molecular flexibility index (Phi) is 5.45. The summed E-state index contributed by atoms with van der Waals surface area (Å²) in [7, 11) is -1.97. The molecule has 0 radical (unpaired) electrons. The number of methoxy groups -OCH3 is 1. The number of nitrogens with one attached hydrogen (secondary N) is 1. The van der Waals surface area contributed by atoms with Gasteiger partial charge in [0.05, 0.1) is 12.3 Å². The Morgan fingerprint density at radius 1 is 1.42 bits per heavy atom. The minimum atomic E-state index is -3.55. The van der Waals surface area contributed by atoms with Gasteiger partial charge < -0.3 is 10.1 Å². The van der Waals surface area contributed by atoms with Crippen molar-refractivity contribution in [2.24, 2.45) is 5.14 Å². The molecule has 0 fully saturated rings. The van der Waals surface area contributed by atoms with Crippen molar-refractivity contribution in [2.45, 2.75) is 45.2 Å². The van der Waals surface area contributed by atoms with Crippen molar-refractivity contribution in [3.63, 3.8) is 0 Å². The summed E-state index contributed by atoms with van der Waals surface area (Å²) in [4.78, 5) is 5.26. The van der Waals surface area contributed by atoms with Crippen LogP contribution in [0.4, 0.5) is 0 Å². The summed E-state index contributed by atoms with van der Waals surface area (Å²) in [5.41, 5.74) is 0.747. The predicted octanol–water partition coefficient (Wildman–Crippen LogP) is 0.966. The average molecular weight is 307 g/mol. The van der Waals surface area contributed by atoms with Crippen LogP contribution >= 0.6 is 11.3 Å². The highest BCUT2D eigenvalue weighted by molar-refractivity contribution is 7.88. The van der Waals surface area contributed by atoms with E-state index in [1.807, 2.05) is 0 Å². The monoisotopic (exact) mass is 307 g/mol. The molecule has 0 atom stereocenters. The van der Waals surface area contributed by atoms with Gasteiger partial charge in [-0.2, -0.15) is 0 Å². The van der Waals surface area contributed by atoms with Gasteiger partial charge >= 0.3 is 0 Å². The molecule has 0 aliphatic rings. The summed E-state index contributed by atoms with van der Waals surface area (Å²) >= 11 is 1.35. The molecule has 1 rings (SSSR count). The Morgan fingerprint density at radius 3 is 2.53 bits per heavy atom. The largest absolute Gasteiger partial charge is 0.378 e. The van der Waals surface area contributed by atoms with Crippen LogP contribution in [0.5, 0.6) is 0 Å². The van der Waals surface area contributed by atoms with Gasteiger partial charge in [0.1, 0.15) is 10.8 Å². The highest BCUT2D eigenvalue weighted by Gasteiger charge is 2.17. The lowest BCUT2D eigenvalue weighted by atomic mass is 10.1. The van der Waals surface area contributed by atoms with E-state index in [-0.39, 0.29) is 11.3 Å². The Hall–Kier alpha value is -0.540. The fraction of sp³-hybridized carbons (Fsp3) is 0.727. The third kappa shape index (κ3) is 6.44. The number of hydrogen-bond acceptors (Lipinski definition) is 6. The van der Waals surface area contributed by atoms with E-state index >= 15 is 0 Å². The molecule has 1 aromatic heterocycles. The molecule has 0 saturated carbocycles. The molecule has 19 heavy (non-hydrogen) atoms. The van der Waals surface area contributed by atoms with Gasteiger partial charge in [0.25, 0.3) is 0 Å². The van der Waals surface area contributed by atoms with E-state index in [0.29, 0.717) is 18.2 Å². The Labute approximate surface area is 118 Å². The van der Waals surface area contributed by atoms with E-state index < -0.39 is 10.0 Å². The lowest BCUT2D eigenvalue weighted by Crippen LogP contribution is -2.35. The maximum Gasteiger partial charge on any atom is 0.215 e. The van der Waals surface area contributed by atoms with Crippen molar-refractivity contribution in [1.82, 2.24) is 10.3 Å². The molecule has 6 nitrogen and oxygen atoms in total. The van der Waals surface area contributed by atoms with Crippen LogP contribution in [0.25, 0.3) is 0 Å². The number of nitrogens with two attached hydrogens (primary N) is 1. The first-order valence-electron chi connectivity index (χ1n) is 5.82. The van der Waals surface area contributed by atoms with Crippen LogP contribution < -0.4 is 10.5 Å². The van der Waals surface area contributed by atoms with E-state index in [1.165, 1.54) is 11.3 Å². The van der Waals surface area contributed by atoms with Crippen molar-refractivity contribution in [3.8, 4) is 0 Å². The molecule has 1 aromatic rings. The molecule has 3 N–H and O–H groups in total. The normalized spacial score (nSPS) is 12.9. The molecule has 0 aromatic carbocycles. The first-order valence-corrected chi connectivity index (χ1v) is 8.36. The summed E-state index contributed by atoms with van der Waals surface area (Å²) in [6, 6.07) is 0. The molecule has 0 spiro atoms. The van der Waals surface area contributed by atoms with Gasteiger partial charge in [0, 0.05) is 24.1 Å². The molecule has 8 heteroatoms.